The third-order valence-corrected chi connectivity index (χ3v) is 2.99. The molecule has 100 valence electrons. The maximum atomic E-state index is 11.9. The fourth-order valence-corrected chi connectivity index (χ4v) is 1.72. The number of benzene rings is 1. The van der Waals surface area contributed by atoms with Crippen molar-refractivity contribution in [2.24, 2.45) is 0 Å². The Morgan fingerprint density at radius 3 is 2.53 bits per heavy atom. The lowest BCUT2D eigenvalue weighted by atomic mass is 10.1. The Balaban J connectivity index is 2.36. The third-order valence-electron chi connectivity index (χ3n) is 2.99. The first-order chi connectivity index (χ1) is 9.01. The van der Waals surface area contributed by atoms with Gasteiger partial charge in [-0.15, -0.1) is 0 Å². The second-order valence-corrected chi connectivity index (χ2v) is 4.66. The van der Waals surface area contributed by atoms with E-state index in [1.54, 1.807) is 25.1 Å². The van der Waals surface area contributed by atoms with Gasteiger partial charge in [0.2, 0.25) is 0 Å². The van der Waals surface area contributed by atoms with Crippen molar-refractivity contribution < 1.29 is 9.90 Å². The zero-order valence-electron chi connectivity index (χ0n) is 11.3. The molecule has 2 N–H and O–H groups in total. The zero-order valence-corrected chi connectivity index (χ0v) is 11.3. The van der Waals surface area contributed by atoms with Crippen molar-refractivity contribution >= 4 is 16.9 Å². The molecule has 19 heavy (non-hydrogen) atoms. The normalized spacial score (nSPS) is 12.4. The number of aromatic nitrogens is 2. The summed E-state index contributed by atoms with van der Waals surface area (Å²) in [5.41, 5.74) is 3.74. The summed E-state index contributed by atoms with van der Waals surface area (Å²) in [6.45, 7) is 5.46. The summed E-state index contributed by atoms with van der Waals surface area (Å²) >= 11 is 0. The Labute approximate surface area is 111 Å². The molecule has 0 bridgehead atoms. The average Bonchev–Trinajstić information content (AvgIpc) is 2.39. The van der Waals surface area contributed by atoms with E-state index in [4.69, 9.17) is 5.11 Å². The van der Waals surface area contributed by atoms with Crippen molar-refractivity contribution in [3.63, 3.8) is 0 Å². The fraction of sp³-hybridized carbons (Fsp3) is 0.357. The van der Waals surface area contributed by atoms with Crippen molar-refractivity contribution in [1.29, 1.82) is 0 Å². The smallest absolute Gasteiger partial charge is 0.251 e. The van der Waals surface area contributed by atoms with E-state index in [1.165, 1.54) is 0 Å². The van der Waals surface area contributed by atoms with E-state index in [0.717, 1.165) is 16.9 Å². The maximum absolute atomic E-state index is 11.9. The number of hydrogen-bond acceptors (Lipinski definition) is 4. The molecular formula is C14H17N3O2. The quantitative estimate of drug-likeness (QED) is 0.872. The van der Waals surface area contributed by atoms with Crippen LogP contribution in [0, 0.1) is 13.8 Å². The van der Waals surface area contributed by atoms with Crippen molar-refractivity contribution in [3.05, 3.63) is 35.2 Å². The van der Waals surface area contributed by atoms with E-state index < -0.39 is 0 Å². The van der Waals surface area contributed by atoms with Gasteiger partial charge in [0.15, 0.2) is 0 Å². The van der Waals surface area contributed by atoms with Crippen molar-refractivity contribution in [1.82, 2.24) is 15.3 Å². The molecular weight excluding hydrogens is 242 g/mol. The predicted molar refractivity (Wildman–Crippen MR) is 73.0 cm³/mol. The Morgan fingerprint density at radius 2 is 1.89 bits per heavy atom. The van der Waals surface area contributed by atoms with E-state index in [-0.39, 0.29) is 18.6 Å². The van der Waals surface area contributed by atoms with Gasteiger partial charge in [-0.05, 0) is 39.0 Å². The topological polar surface area (TPSA) is 75.1 Å². The molecule has 0 aliphatic rings. The van der Waals surface area contributed by atoms with Gasteiger partial charge in [-0.25, -0.2) is 9.97 Å². The third kappa shape index (κ3) is 2.88. The van der Waals surface area contributed by atoms with Gasteiger partial charge in [0.1, 0.15) is 0 Å². The summed E-state index contributed by atoms with van der Waals surface area (Å²) in [6.07, 6.45) is 0. The molecule has 1 heterocycles. The van der Waals surface area contributed by atoms with Crippen molar-refractivity contribution in [2.45, 2.75) is 26.8 Å². The first kappa shape index (κ1) is 13.4. The molecule has 1 aromatic heterocycles. The molecule has 0 aliphatic carbocycles. The van der Waals surface area contributed by atoms with Gasteiger partial charge >= 0.3 is 0 Å². The molecule has 2 rings (SSSR count). The second kappa shape index (κ2) is 5.32. The predicted octanol–water partition coefficient (Wildman–Crippen LogP) is 1.36. The largest absolute Gasteiger partial charge is 0.394 e. The minimum absolute atomic E-state index is 0.0859. The number of nitrogens with zero attached hydrogens (tertiary/aromatic N) is 2. The SMILES string of the molecule is Cc1nc2ccc(C(=O)N[C@@H](C)CO)cc2nc1C. The van der Waals surface area contributed by atoms with E-state index in [1.807, 2.05) is 13.8 Å². The number of fused-ring (bicyclic) bond motifs is 1. The number of hydrogen-bond donors (Lipinski definition) is 2. The number of aliphatic hydroxyl groups is 1. The summed E-state index contributed by atoms with van der Waals surface area (Å²) in [5, 5.41) is 11.6. The molecule has 5 nitrogen and oxygen atoms in total. The number of rotatable bonds is 3. The Morgan fingerprint density at radius 1 is 1.26 bits per heavy atom. The molecule has 0 spiro atoms. The van der Waals surface area contributed by atoms with Crippen LogP contribution >= 0.6 is 0 Å². The summed E-state index contributed by atoms with van der Waals surface area (Å²) in [4.78, 5) is 20.8. The number of carbonyl (C=O) groups excluding carboxylic acids is 1. The number of aliphatic hydroxyl groups excluding tert-OH is 1. The highest BCUT2D eigenvalue weighted by atomic mass is 16.3. The fourth-order valence-electron chi connectivity index (χ4n) is 1.72. The van der Waals surface area contributed by atoms with Crippen LogP contribution in [0.5, 0.6) is 0 Å². The number of aryl methyl sites for hydroxylation is 2. The molecule has 0 aliphatic heterocycles. The molecule has 1 amide bonds. The van der Waals surface area contributed by atoms with E-state index >= 15 is 0 Å². The molecule has 0 fully saturated rings. The van der Waals surface area contributed by atoms with E-state index in [0.29, 0.717) is 11.1 Å². The van der Waals surface area contributed by atoms with Crippen molar-refractivity contribution in [3.8, 4) is 0 Å². The van der Waals surface area contributed by atoms with Gasteiger partial charge in [0.25, 0.3) is 5.91 Å². The minimum atomic E-state index is -0.269. The van der Waals surface area contributed by atoms with Gasteiger partial charge in [-0.3, -0.25) is 4.79 Å². The Kier molecular flexibility index (Phi) is 3.76. The monoisotopic (exact) mass is 259 g/mol. The average molecular weight is 259 g/mol. The summed E-state index contributed by atoms with van der Waals surface area (Å²) in [7, 11) is 0. The molecule has 1 aromatic carbocycles. The van der Waals surface area contributed by atoms with Gasteiger partial charge in [0.05, 0.1) is 29.0 Å². The van der Waals surface area contributed by atoms with E-state index in [9.17, 15) is 4.79 Å². The van der Waals surface area contributed by atoms with Crippen LogP contribution < -0.4 is 5.32 Å². The van der Waals surface area contributed by atoms with E-state index in [2.05, 4.69) is 15.3 Å². The molecule has 1 atom stereocenters. The highest BCUT2D eigenvalue weighted by Crippen LogP contribution is 2.14. The minimum Gasteiger partial charge on any atom is -0.394 e. The highest BCUT2D eigenvalue weighted by molar-refractivity contribution is 5.97. The lowest BCUT2D eigenvalue weighted by molar-refractivity contribution is 0.0922. The molecule has 0 unspecified atom stereocenters. The molecule has 5 heteroatoms. The van der Waals surface area contributed by atoms with Crippen LogP contribution in [0.1, 0.15) is 28.7 Å². The second-order valence-electron chi connectivity index (χ2n) is 4.66. The van der Waals surface area contributed by atoms with Crippen LogP contribution in [0.4, 0.5) is 0 Å². The highest BCUT2D eigenvalue weighted by Gasteiger charge is 2.10. The first-order valence-electron chi connectivity index (χ1n) is 6.18. The van der Waals surface area contributed by atoms with Gasteiger partial charge in [-0.1, -0.05) is 0 Å². The van der Waals surface area contributed by atoms with Crippen LogP contribution in [-0.2, 0) is 0 Å². The maximum Gasteiger partial charge on any atom is 0.251 e. The summed E-state index contributed by atoms with van der Waals surface area (Å²) in [5.74, 6) is -0.219. The van der Waals surface area contributed by atoms with Crippen molar-refractivity contribution in [2.75, 3.05) is 6.61 Å². The molecule has 0 radical (unpaired) electrons. The first-order valence-corrected chi connectivity index (χ1v) is 6.18. The lowest BCUT2D eigenvalue weighted by Crippen LogP contribution is -2.34. The standard InChI is InChI=1S/C14H17N3O2/c1-8(7-18)15-14(19)11-4-5-12-13(6-11)17-10(3)9(2)16-12/h4-6,8,18H,7H2,1-3H3,(H,15,19)/t8-/m0/s1. The molecule has 0 saturated carbocycles. The number of nitrogens with one attached hydrogen (secondary N) is 1. The van der Waals surface area contributed by atoms with Gasteiger partial charge < -0.3 is 10.4 Å². The van der Waals surface area contributed by atoms with Crippen LogP contribution in [0.15, 0.2) is 18.2 Å². The summed E-state index contributed by atoms with van der Waals surface area (Å²) < 4.78 is 0. The molecule has 0 saturated heterocycles. The molecule has 2 aromatic rings. The Bertz CT molecular complexity index is 625. The lowest BCUT2D eigenvalue weighted by Gasteiger charge is -2.11. The number of amides is 1. The van der Waals surface area contributed by atoms with Gasteiger partial charge in [0, 0.05) is 11.6 Å². The van der Waals surface area contributed by atoms with Crippen LogP contribution in [0.25, 0.3) is 11.0 Å². The Hall–Kier alpha value is -2.01. The van der Waals surface area contributed by atoms with Crippen LogP contribution in [0.2, 0.25) is 0 Å². The van der Waals surface area contributed by atoms with Gasteiger partial charge in [-0.2, -0.15) is 0 Å². The summed E-state index contributed by atoms with van der Waals surface area (Å²) in [6, 6.07) is 4.95. The van der Waals surface area contributed by atoms with Crippen LogP contribution in [-0.4, -0.2) is 33.6 Å². The number of carbonyl (C=O) groups is 1. The van der Waals surface area contributed by atoms with Crippen LogP contribution in [0.3, 0.4) is 0 Å². The zero-order chi connectivity index (χ0) is 14.0.